The van der Waals surface area contributed by atoms with Crippen molar-refractivity contribution >= 4 is 17.5 Å². The van der Waals surface area contributed by atoms with Gasteiger partial charge in [0.25, 0.3) is 5.56 Å². The van der Waals surface area contributed by atoms with Gasteiger partial charge in [-0.25, -0.2) is 15.1 Å². The fourth-order valence-corrected chi connectivity index (χ4v) is 5.64. The molecule has 0 bridgehead atoms. The Morgan fingerprint density at radius 1 is 0.950 bits per heavy atom. The summed E-state index contributed by atoms with van der Waals surface area (Å²) in [5.74, 6) is 0.0209. The number of hydrogen-bond donors (Lipinski definition) is 1. The van der Waals surface area contributed by atoms with Gasteiger partial charge < -0.3 is 19.4 Å². The highest BCUT2D eigenvalue weighted by molar-refractivity contribution is 5.77. The smallest absolute Gasteiger partial charge is 0.372 e. The highest BCUT2D eigenvalue weighted by atomic mass is 19.4. The van der Waals surface area contributed by atoms with Crippen LogP contribution in [0.25, 0.3) is 0 Å². The number of carbonyl (C=O) groups is 1. The van der Waals surface area contributed by atoms with Crippen LogP contribution in [0.2, 0.25) is 0 Å². The number of aromatic nitrogens is 4. The molecule has 5 rings (SSSR count). The number of aromatic amines is 1. The van der Waals surface area contributed by atoms with Crippen molar-refractivity contribution in [2.75, 3.05) is 42.5 Å². The first-order chi connectivity index (χ1) is 18.9. The van der Waals surface area contributed by atoms with Crippen molar-refractivity contribution in [3.05, 3.63) is 40.1 Å². The molecule has 0 saturated carbocycles. The highest BCUT2D eigenvalue weighted by Crippen LogP contribution is 2.39. The lowest BCUT2D eigenvalue weighted by Gasteiger charge is -2.35. The number of nitrogens with one attached hydrogen (secondary N) is 1. The van der Waals surface area contributed by atoms with Crippen LogP contribution in [0.4, 0.5) is 38.0 Å². The van der Waals surface area contributed by atoms with Crippen molar-refractivity contribution in [2.24, 2.45) is 0 Å². The Bertz CT molecular complexity index is 1260. The Morgan fingerprint density at radius 2 is 1.65 bits per heavy atom. The van der Waals surface area contributed by atoms with Gasteiger partial charge in [-0.15, -0.1) is 0 Å². The molecule has 16 heteroatoms. The van der Waals surface area contributed by atoms with Crippen LogP contribution < -0.4 is 15.4 Å². The van der Waals surface area contributed by atoms with Crippen LogP contribution in [0.15, 0.2) is 23.4 Å². The highest BCUT2D eigenvalue weighted by Gasteiger charge is 2.44. The normalized spacial score (nSPS) is 24.1. The number of nitrogens with zero attached hydrogens (tertiary/aromatic N) is 6. The van der Waals surface area contributed by atoms with Gasteiger partial charge in [-0.05, 0) is 25.7 Å². The number of carbonyl (C=O) groups excluding carboxylic acids is 1. The van der Waals surface area contributed by atoms with Gasteiger partial charge in [0, 0.05) is 45.1 Å². The maximum absolute atomic E-state index is 13.6. The van der Waals surface area contributed by atoms with Crippen LogP contribution in [0.5, 0.6) is 0 Å². The van der Waals surface area contributed by atoms with E-state index >= 15 is 0 Å². The van der Waals surface area contributed by atoms with Gasteiger partial charge in [0.05, 0.1) is 42.1 Å². The number of hydrogen-bond acceptors (Lipinski definition) is 8. The molecule has 218 valence electrons. The van der Waals surface area contributed by atoms with E-state index in [0.717, 1.165) is 18.6 Å². The van der Waals surface area contributed by atoms with E-state index in [9.17, 15) is 35.9 Å². The van der Waals surface area contributed by atoms with Crippen LogP contribution >= 0.6 is 0 Å². The van der Waals surface area contributed by atoms with E-state index < -0.39 is 41.2 Å². The van der Waals surface area contributed by atoms with E-state index in [0.29, 0.717) is 58.4 Å². The van der Waals surface area contributed by atoms with Crippen LogP contribution in [0, 0.1) is 0 Å². The number of amides is 1. The first kappa shape index (κ1) is 28.1. The first-order valence-electron chi connectivity index (χ1n) is 12.9. The molecule has 2 aromatic heterocycles. The summed E-state index contributed by atoms with van der Waals surface area (Å²) in [5.41, 5.74) is -3.77. The van der Waals surface area contributed by atoms with Gasteiger partial charge >= 0.3 is 12.4 Å². The number of H-pyrrole nitrogens is 1. The summed E-state index contributed by atoms with van der Waals surface area (Å²) in [6.45, 7) is 1.72. The number of anilines is 2. The molecule has 3 saturated heterocycles. The molecule has 0 aromatic carbocycles. The monoisotopic (exact) mass is 575 g/mol. The van der Waals surface area contributed by atoms with Gasteiger partial charge in [-0.2, -0.15) is 31.4 Å². The number of halogens is 6. The molecule has 40 heavy (non-hydrogen) atoms. The Kier molecular flexibility index (Phi) is 7.63. The fourth-order valence-electron chi connectivity index (χ4n) is 5.64. The van der Waals surface area contributed by atoms with Gasteiger partial charge in [0.15, 0.2) is 0 Å². The third-order valence-electron chi connectivity index (χ3n) is 7.58. The molecule has 0 unspecified atom stereocenters. The average molecular weight is 576 g/mol. The van der Waals surface area contributed by atoms with Crippen LogP contribution in [-0.4, -0.2) is 81.9 Å². The maximum atomic E-state index is 13.6. The molecular formula is C24H27F6N7O3. The zero-order chi connectivity index (χ0) is 28.7. The quantitative estimate of drug-likeness (QED) is 0.543. The third-order valence-corrected chi connectivity index (χ3v) is 7.58. The van der Waals surface area contributed by atoms with E-state index in [4.69, 9.17) is 4.74 Å². The second-order valence-electron chi connectivity index (χ2n) is 10.1. The molecule has 0 radical (unpaired) electrons. The van der Waals surface area contributed by atoms with Crippen molar-refractivity contribution in [1.82, 2.24) is 25.1 Å². The molecule has 0 aliphatic carbocycles. The third kappa shape index (κ3) is 5.86. The lowest BCUT2D eigenvalue weighted by atomic mass is 10.0. The SMILES string of the molecule is O=C(C[C@@H]1CC[C@@H]([C@@H]2CCCN2c2cn[nH]c(=O)c2C(F)(F)F)O1)N1CCN(c2ncc(C(F)(F)F)cn2)CC1. The Labute approximate surface area is 224 Å². The largest absolute Gasteiger partial charge is 0.423 e. The molecule has 2 aromatic rings. The van der Waals surface area contributed by atoms with Gasteiger partial charge in [0.1, 0.15) is 5.56 Å². The predicted molar refractivity (Wildman–Crippen MR) is 129 cm³/mol. The Hall–Kier alpha value is -3.43. The average Bonchev–Trinajstić information content (AvgIpc) is 3.57. The second kappa shape index (κ2) is 10.9. The molecule has 1 N–H and O–H groups in total. The van der Waals surface area contributed by atoms with Crippen molar-refractivity contribution in [3.8, 4) is 0 Å². The van der Waals surface area contributed by atoms with E-state index in [1.807, 2.05) is 5.10 Å². The number of alkyl halides is 6. The van der Waals surface area contributed by atoms with E-state index in [-0.39, 0.29) is 30.0 Å². The minimum absolute atomic E-state index is 0.111. The van der Waals surface area contributed by atoms with Gasteiger partial charge in [0.2, 0.25) is 11.9 Å². The summed E-state index contributed by atoms with van der Waals surface area (Å²) in [5, 5.41) is 5.44. The van der Waals surface area contributed by atoms with Crippen LogP contribution in [0.1, 0.15) is 43.2 Å². The molecule has 3 aliphatic heterocycles. The standard InChI is InChI=1S/C24H27F6N7O3/c25-23(26,27)14-11-31-22(32-12-14)36-8-6-35(7-9-36)19(38)10-15-3-4-18(40-15)16-2-1-5-37(16)17-13-33-34-21(39)20(17)24(28,29)30/h11-13,15-16,18H,1-10H2,(H,34,39)/t15-,16-,18-/m0/s1. The summed E-state index contributed by atoms with van der Waals surface area (Å²) < 4.78 is 85.3. The summed E-state index contributed by atoms with van der Waals surface area (Å²) in [7, 11) is 0. The summed E-state index contributed by atoms with van der Waals surface area (Å²) in [6.07, 6.45) is -5.20. The molecule has 0 spiro atoms. The van der Waals surface area contributed by atoms with E-state index in [2.05, 4.69) is 15.1 Å². The molecule has 3 fully saturated rings. The Morgan fingerprint density at radius 3 is 2.30 bits per heavy atom. The number of piperazine rings is 1. The second-order valence-corrected chi connectivity index (χ2v) is 10.1. The molecule has 1 amide bonds. The first-order valence-corrected chi connectivity index (χ1v) is 12.9. The van der Waals surface area contributed by atoms with E-state index in [1.54, 1.807) is 14.7 Å². The van der Waals surface area contributed by atoms with Crippen molar-refractivity contribution in [2.45, 2.75) is 62.7 Å². The zero-order valence-corrected chi connectivity index (χ0v) is 21.2. The predicted octanol–water partition coefficient (Wildman–Crippen LogP) is 2.85. The minimum atomic E-state index is -4.84. The lowest BCUT2D eigenvalue weighted by molar-refractivity contribution is -0.139. The molecule has 3 atom stereocenters. The number of ether oxygens (including phenoxy) is 1. The Balaban J connectivity index is 1.15. The van der Waals surface area contributed by atoms with Gasteiger partial charge in [-0.1, -0.05) is 0 Å². The van der Waals surface area contributed by atoms with Gasteiger partial charge in [-0.3, -0.25) is 9.59 Å². The summed E-state index contributed by atoms with van der Waals surface area (Å²) >= 11 is 0. The maximum Gasteiger partial charge on any atom is 0.423 e. The number of rotatable bonds is 5. The fraction of sp³-hybridized carbons (Fsp3) is 0.625. The van der Waals surface area contributed by atoms with E-state index in [1.165, 1.54) is 0 Å². The molecular weight excluding hydrogens is 548 g/mol. The lowest BCUT2D eigenvalue weighted by Crippen LogP contribution is -2.49. The summed E-state index contributed by atoms with van der Waals surface area (Å²) in [4.78, 5) is 37.4. The van der Waals surface area contributed by atoms with Crippen molar-refractivity contribution < 1.29 is 35.9 Å². The molecule has 10 nitrogen and oxygen atoms in total. The molecule has 5 heterocycles. The zero-order valence-electron chi connectivity index (χ0n) is 21.2. The minimum Gasteiger partial charge on any atom is -0.372 e. The van der Waals surface area contributed by atoms with Crippen LogP contribution in [-0.2, 0) is 21.9 Å². The van der Waals surface area contributed by atoms with Crippen molar-refractivity contribution in [3.63, 3.8) is 0 Å². The summed E-state index contributed by atoms with van der Waals surface area (Å²) in [6, 6.07) is -0.378. The van der Waals surface area contributed by atoms with Crippen molar-refractivity contribution in [1.29, 1.82) is 0 Å². The molecule has 3 aliphatic rings. The topological polar surface area (TPSA) is 108 Å². The van der Waals surface area contributed by atoms with Crippen LogP contribution in [0.3, 0.4) is 0 Å².